The lowest BCUT2D eigenvalue weighted by molar-refractivity contribution is 0.104. The van der Waals surface area contributed by atoms with Gasteiger partial charge in [0.15, 0.2) is 11.5 Å². The van der Waals surface area contributed by atoms with Gasteiger partial charge >= 0.3 is 0 Å². The third kappa shape index (κ3) is 2.87. The topological polar surface area (TPSA) is 40.2 Å². The average Bonchev–Trinajstić information content (AvgIpc) is 3.13. The van der Waals surface area contributed by atoms with Gasteiger partial charge in [0.1, 0.15) is 6.10 Å². The Bertz CT molecular complexity index is 347. The molecule has 4 nitrogen and oxygen atoms in total. The van der Waals surface area contributed by atoms with Crippen LogP contribution in [0.2, 0.25) is 0 Å². The van der Waals surface area contributed by atoms with E-state index in [4.69, 9.17) is 18.9 Å². The Labute approximate surface area is 95.1 Å². The number of epoxide rings is 1. The molecule has 1 unspecified atom stereocenters. The summed E-state index contributed by atoms with van der Waals surface area (Å²) in [6, 6.07) is 5.77. The van der Waals surface area contributed by atoms with Crippen LogP contribution in [0.15, 0.2) is 18.2 Å². The van der Waals surface area contributed by atoms with Gasteiger partial charge in [0.05, 0.1) is 34.0 Å². The predicted octanol–water partition coefficient (Wildman–Crippen LogP) is 1.62. The average molecular weight is 224 g/mol. The number of hydrogen-bond donors (Lipinski definition) is 0. The molecule has 0 N–H and O–H groups in total. The van der Waals surface area contributed by atoms with Crippen LogP contribution in [-0.2, 0) is 16.1 Å². The van der Waals surface area contributed by atoms with Gasteiger partial charge in [-0.25, -0.2) is 0 Å². The van der Waals surface area contributed by atoms with E-state index in [2.05, 4.69) is 0 Å². The van der Waals surface area contributed by atoms with E-state index in [1.54, 1.807) is 14.2 Å². The third-order valence-corrected chi connectivity index (χ3v) is 2.42. The van der Waals surface area contributed by atoms with Crippen LogP contribution in [0.25, 0.3) is 0 Å². The van der Waals surface area contributed by atoms with E-state index in [-0.39, 0.29) is 0 Å². The number of hydrogen-bond acceptors (Lipinski definition) is 4. The SMILES string of the molecule is COc1ccc(COCC2CO2)cc1OC. The van der Waals surface area contributed by atoms with Crippen LogP contribution in [0.1, 0.15) is 5.56 Å². The minimum atomic E-state index is 0.306. The molecule has 1 heterocycles. The zero-order valence-corrected chi connectivity index (χ0v) is 9.56. The summed E-state index contributed by atoms with van der Waals surface area (Å²) >= 11 is 0. The Morgan fingerprint density at radius 1 is 1.25 bits per heavy atom. The molecule has 0 bridgehead atoms. The first-order valence-electron chi connectivity index (χ1n) is 5.23. The highest BCUT2D eigenvalue weighted by Crippen LogP contribution is 2.27. The lowest BCUT2D eigenvalue weighted by Gasteiger charge is -2.09. The summed E-state index contributed by atoms with van der Waals surface area (Å²) in [5, 5.41) is 0. The first-order valence-corrected chi connectivity index (χ1v) is 5.23. The first-order chi connectivity index (χ1) is 7.83. The van der Waals surface area contributed by atoms with Gasteiger partial charge in [0.25, 0.3) is 0 Å². The fourth-order valence-corrected chi connectivity index (χ4v) is 1.44. The van der Waals surface area contributed by atoms with E-state index in [1.807, 2.05) is 18.2 Å². The van der Waals surface area contributed by atoms with E-state index < -0.39 is 0 Å². The molecule has 4 heteroatoms. The second kappa shape index (κ2) is 5.18. The van der Waals surface area contributed by atoms with Crippen molar-refractivity contribution in [2.75, 3.05) is 27.4 Å². The lowest BCUT2D eigenvalue weighted by atomic mass is 10.2. The molecule has 2 rings (SSSR count). The van der Waals surface area contributed by atoms with Crippen LogP contribution >= 0.6 is 0 Å². The normalized spacial score (nSPS) is 18.2. The molecule has 88 valence electrons. The van der Waals surface area contributed by atoms with Crippen molar-refractivity contribution < 1.29 is 18.9 Å². The zero-order valence-electron chi connectivity index (χ0n) is 9.56. The van der Waals surface area contributed by atoms with Crippen molar-refractivity contribution in [2.45, 2.75) is 12.7 Å². The summed E-state index contributed by atoms with van der Waals surface area (Å²) in [6.45, 7) is 2.06. The van der Waals surface area contributed by atoms with E-state index in [9.17, 15) is 0 Å². The van der Waals surface area contributed by atoms with E-state index >= 15 is 0 Å². The van der Waals surface area contributed by atoms with Gasteiger partial charge in [0, 0.05) is 0 Å². The van der Waals surface area contributed by atoms with Gasteiger partial charge in [-0.2, -0.15) is 0 Å². The molecule has 0 radical (unpaired) electrons. The van der Waals surface area contributed by atoms with Gasteiger partial charge < -0.3 is 18.9 Å². The zero-order chi connectivity index (χ0) is 11.4. The number of methoxy groups -OCH3 is 2. The van der Waals surface area contributed by atoms with Crippen LogP contribution in [0.5, 0.6) is 11.5 Å². The highest BCUT2D eigenvalue weighted by molar-refractivity contribution is 5.42. The molecule has 1 saturated heterocycles. The Kier molecular flexibility index (Phi) is 3.64. The molecule has 1 fully saturated rings. The molecule has 1 aliphatic heterocycles. The maximum Gasteiger partial charge on any atom is 0.161 e. The highest BCUT2D eigenvalue weighted by atomic mass is 16.6. The highest BCUT2D eigenvalue weighted by Gasteiger charge is 2.22. The molecular weight excluding hydrogens is 208 g/mol. The van der Waals surface area contributed by atoms with E-state index in [0.29, 0.717) is 19.3 Å². The van der Waals surface area contributed by atoms with Crippen LogP contribution < -0.4 is 9.47 Å². The number of rotatable bonds is 6. The van der Waals surface area contributed by atoms with Gasteiger partial charge in [-0.15, -0.1) is 0 Å². The molecule has 0 aliphatic carbocycles. The van der Waals surface area contributed by atoms with Gasteiger partial charge in [-0.1, -0.05) is 6.07 Å². The molecule has 16 heavy (non-hydrogen) atoms. The number of ether oxygens (including phenoxy) is 4. The molecule has 1 aromatic carbocycles. The molecule has 0 aromatic heterocycles. The second-order valence-electron chi connectivity index (χ2n) is 3.66. The lowest BCUT2D eigenvalue weighted by Crippen LogP contribution is -2.01. The van der Waals surface area contributed by atoms with Crippen LogP contribution in [0, 0.1) is 0 Å². The standard InChI is InChI=1S/C12H16O4/c1-13-11-4-3-9(5-12(11)14-2)6-15-7-10-8-16-10/h3-5,10H,6-8H2,1-2H3. The first kappa shape index (κ1) is 11.2. The molecular formula is C12H16O4. The summed E-state index contributed by atoms with van der Waals surface area (Å²) < 4.78 is 20.9. The Morgan fingerprint density at radius 3 is 2.62 bits per heavy atom. The quantitative estimate of drug-likeness (QED) is 0.688. The minimum absolute atomic E-state index is 0.306. The van der Waals surface area contributed by atoms with Crippen molar-refractivity contribution in [1.82, 2.24) is 0 Å². The summed E-state index contributed by atoms with van der Waals surface area (Å²) in [5.41, 5.74) is 1.07. The Hall–Kier alpha value is -1.26. The fraction of sp³-hybridized carbons (Fsp3) is 0.500. The summed E-state index contributed by atoms with van der Waals surface area (Å²) in [6.07, 6.45) is 0.306. The summed E-state index contributed by atoms with van der Waals surface area (Å²) in [4.78, 5) is 0. The molecule has 0 spiro atoms. The van der Waals surface area contributed by atoms with Gasteiger partial charge in [-0.05, 0) is 17.7 Å². The minimum Gasteiger partial charge on any atom is -0.493 e. The Balaban J connectivity index is 1.92. The smallest absolute Gasteiger partial charge is 0.161 e. The van der Waals surface area contributed by atoms with Crippen LogP contribution in [-0.4, -0.2) is 33.5 Å². The molecule has 1 atom stereocenters. The monoisotopic (exact) mass is 224 g/mol. The molecule has 0 amide bonds. The van der Waals surface area contributed by atoms with Crippen molar-refractivity contribution in [3.05, 3.63) is 23.8 Å². The second-order valence-corrected chi connectivity index (χ2v) is 3.66. The molecule has 1 aromatic rings. The van der Waals surface area contributed by atoms with Crippen LogP contribution in [0.4, 0.5) is 0 Å². The van der Waals surface area contributed by atoms with Crippen molar-refractivity contribution in [3.63, 3.8) is 0 Å². The van der Waals surface area contributed by atoms with Gasteiger partial charge in [0.2, 0.25) is 0 Å². The van der Waals surface area contributed by atoms with Gasteiger partial charge in [-0.3, -0.25) is 0 Å². The number of benzene rings is 1. The van der Waals surface area contributed by atoms with E-state index in [1.165, 1.54) is 0 Å². The van der Waals surface area contributed by atoms with E-state index in [0.717, 1.165) is 23.7 Å². The maximum atomic E-state index is 5.50. The fourth-order valence-electron chi connectivity index (χ4n) is 1.44. The van der Waals surface area contributed by atoms with Crippen molar-refractivity contribution in [1.29, 1.82) is 0 Å². The van der Waals surface area contributed by atoms with Crippen molar-refractivity contribution in [3.8, 4) is 11.5 Å². The van der Waals surface area contributed by atoms with Crippen molar-refractivity contribution in [2.24, 2.45) is 0 Å². The largest absolute Gasteiger partial charge is 0.493 e. The predicted molar refractivity (Wildman–Crippen MR) is 58.9 cm³/mol. The van der Waals surface area contributed by atoms with Crippen molar-refractivity contribution >= 4 is 0 Å². The Morgan fingerprint density at radius 2 is 2.00 bits per heavy atom. The molecule has 0 saturated carbocycles. The maximum absolute atomic E-state index is 5.50. The summed E-state index contributed by atoms with van der Waals surface area (Å²) in [7, 11) is 3.25. The van der Waals surface area contributed by atoms with Crippen LogP contribution in [0.3, 0.4) is 0 Å². The third-order valence-electron chi connectivity index (χ3n) is 2.42. The molecule has 1 aliphatic rings. The summed E-state index contributed by atoms with van der Waals surface area (Å²) in [5.74, 6) is 1.46.